The third kappa shape index (κ3) is 4.44. The average molecular weight is 484 g/mol. The van der Waals surface area contributed by atoms with Gasteiger partial charge in [0.2, 0.25) is 11.7 Å². The van der Waals surface area contributed by atoms with Gasteiger partial charge < -0.3 is 5.32 Å². The van der Waals surface area contributed by atoms with E-state index in [1.54, 1.807) is 4.57 Å². The summed E-state index contributed by atoms with van der Waals surface area (Å²) in [4.78, 5) is 26.1. The lowest BCUT2D eigenvalue weighted by atomic mass is 10.1. The van der Waals surface area contributed by atoms with Gasteiger partial charge in [0, 0.05) is 5.69 Å². The van der Waals surface area contributed by atoms with E-state index >= 15 is 0 Å². The number of hydrogen-bond donors (Lipinski definition) is 1. The summed E-state index contributed by atoms with van der Waals surface area (Å²) in [5, 5.41) is 12.9. The van der Waals surface area contributed by atoms with Gasteiger partial charge in [-0.1, -0.05) is 71.9 Å². The smallest absolute Gasteiger partial charge is 0.263 e. The van der Waals surface area contributed by atoms with Crippen LogP contribution in [0.4, 0.5) is 5.69 Å². The van der Waals surface area contributed by atoms with Crippen molar-refractivity contribution in [3.63, 3.8) is 0 Å². The Morgan fingerprint density at radius 3 is 2.37 bits per heavy atom. The molecule has 7 nitrogen and oxygen atoms in total. The molecule has 0 saturated heterocycles. The summed E-state index contributed by atoms with van der Waals surface area (Å²) in [5.41, 5.74) is 5.62. The Kier molecular flexibility index (Phi) is 6.13. The van der Waals surface area contributed by atoms with Gasteiger partial charge in [-0.15, -0.1) is 10.2 Å². The third-order valence-corrected chi connectivity index (χ3v) is 6.95. The van der Waals surface area contributed by atoms with Crippen molar-refractivity contribution in [2.24, 2.45) is 0 Å². The molecular formula is C27H25N5O2S. The Morgan fingerprint density at radius 2 is 1.63 bits per heavy atom. The van der Waals surface area contributed by atoms with Gasteiger partial charge in [0.1, 0.15) is 0 Å². The van der Waals surface area contributed by atoms with E-state index in [4.69, 9.17) is 0 Å². The number of carbonyl (C=O) groups excluding carboxylic acids is 1. The van der Waals surface area contributed by atoms with Crippen LogP contribution >= 0.6 is 11.8 Å². The number of thioether (sulfide) groups is 1. The SMILES string of the molecule is Cc1ccc(Cn2c(=O)c3ccccc3n3c(SCC(=O)Nc4c(C)cccc4C)nnc23)cc1. The van der Waals surface area contributed by atoms with Crippen LogP contribution in [0.2, 0.25) is 0 Å². The largest absolute Gasteiger partial charge is 0.325 e. The predicted molar refractivity (Wildman–Crippen MR) is 140 cm³/mol. The number of para-hydroxylation sites is 2. The molecule has 5 rings (SSSR count). The van der Waals surface area contributed by atoms with Crippen molar-refractivity contribution >= 4 is 40.0 Å². The van der Waals surface area contributed by atoms with E-state index in [9.17, 15) is 9.59 Å². The average Bonchev–Trinajstić information content (AvgIpc) is 3.28. The zero-order valence-corrected chi connectivity index (χ0v) is 20.6. The Bertz CT molecular complexity index is 1600. The van der Waals surface area contributed by atoms with Crippen LogP contribution in [0.25, 0.3) is 16.7 Å². The zero-order valence-electron chi connectivity index (χ0n) is 19.8. The van der Waals surface area contributed by atoms with Gasteiger partial charge in [0.25, 0.3) is 5.56 Å². The van der Waals surface area contributed by atoms with E-state index in [1.165, 1.54) is 11.8 Å². The zero-order chi connectivity index (χ0) is 24.5. The van der Waals surface area contributed by atoms with Crippen LogP contribution in [0, 0.1) is 20.8 Å². The number of fused-ring (bicyclic) bond motifs is 3. The lowest BCUT2D eigenvalue weighted by molar-refractivity contribution is -0.113. The Balaban J connectivity index is 1.50. The quantitative estimate of drug-likeness (QED) is 0.353. The molecule has 3 aromatic carbocycles. The molecule has 0 saturated carbocycles. The Labute approximate surface area is 206 Å². The van der Waals surface area contributed by atoms with Gasteiger partial charge in [0.15, 0.2) is 5.16 Å². The summed E-state index contributed by atoms with van der Waals surface area (Å²) in [5.74, 6) is 0.494. The summed E-state index contributed by atoms with van der Waals surface area (Å²) in [6, 6.07) is 21.4. The number of nitrogens with zero attached hydrogens (tertiary/aromatic N) is 4. The van der Waals surface area contributed by atoms with Crippen LogP contribution in [0.15, 0.2) is 76.7 Å². The highest BCUT2D eigenvalue weighted by Crippen LogP contribution is 2.24. The number of carbonyl (C=O) groups is 1. The van der Waals surface area contributed by atoms with E-state index in [1.807, 2.05) is 91.9 Å². The minimum atomic E-state index is -0.124. The van der Waals surface area contributed by atoms with Crippen molar-refractivity contribution in [3.8, 4) is 0 Å². The molecule has 0 aliphatic carbocycles. The summed E-state index contributed by atoms with van der Waals surface area (Å²) in [6.45, 7) is 6.36. The second-order valence-corrected chi connectivity index (χ2v) is 9.56. The van der Waals surface area contributed by atoms with Crippen molar-refractivity contribution in [2.45, 2.75) is 32.5 Å². The molecule has 2 heterocycles. The number of rotatable bonds is 6. The van der Waals surface area contributed by atoms with Crippen LogP contribution in [0.3, 0.4) is 0 Å². The Morgan fingerprint density at radius 1 is 0.914 bits per heavy atom. The van der Waals surface area contributed by atoms with E-state index in [2.05, 4.69) is 15.5 Å². The van der Waals surface area contributed by atoms with Crippen molar-refractivity contribution in [3.05, 3.63) is 99.3 Å². The maximum Gasteiger partial charge on any atom is 0.263 e. The molecule has 0 radical (unpaired) electrons. The number of amides is 1. The summed E-state index contributed by atoms with van der Waals surface area (Å²) in [7, 11) is 0. The number of benzene rings is 3. The minimum absolute atomic E-state index is 0.120. The molecule has 0 unspecified atom stereocenters. The van der Waals surface area contributed by atoms with Crippen LogP contribution < -0.4 is 10.9 Å². The van der Waals surface area contributed by atoms with Gasteiger partial charge >= 0.3 is 0 Å². The van der Waals surface area contributed by atoms with Gasteiger partial charge in [-0.05, 0) is 49.6 Å². The molecule has 5 aromatic rings. The molecule has 0 fully saturated rings. The fourth-order valence-electron chi connectivity index (χ4n) is 4.16. The lowest BCUT2D eigenvalue weighted by Crippen LogP contribution is -2.24. The van der Waals surface area contributed by atoms with Crippen molar-refractivity contribution in [2.75, 3.05) is 11.1 Å². The van der Waals surface area contributed by atoms with Crippen LogP contribution in [-0.4, -0.2) is 30.8 Å². The molecule has 0 bridgehead atoms. The van der Waals surface area contributed by atoms with E-state index in [-0.39, 0.29) is 17.2 Å². The van der Waals surface area contributed by atoms with Crippen molar-refractivity contribution in [1.82, 2.24) is 19.2 Å². The van der Waals surface area contributed by atoms with Gasteiger partial charge in [-0.3, -0.25) is 18.6 Å². The van der Waals surface area contributed by atoms with Gasteiger partial charge in [0.05, 0.1) is 23.2 Å². The number of anilines is 1. The topological polar surface area (TPSA) is 81.3 Å². The molecule has 176 valence electrons. The normalized spacial score (nSPS) is 11.3. The number of hydrogen-bond acceptors (Lipinski definition) is 5. The first kappa shape index (κ1) is 22.9. The van der Waals surface area contributed by atoms with E-state index in [0.717, 1.165) is 33.5 Å². The molecule has 2 aromatic heterocycles. The minimum Gasteiger partial charge on any atom is -0.325 e. The highest BCUT2D eigenvalue weighted by atomic mass is 32.2. The molecule has 0 atom stereocenters. The highest BCUT2D eigenvalue weighted by Gasteiger charge is 2.18. The van der Waals surface area contributed by atoms with Crippen LogP contribution in [-0.2, 0) is 11.3 Å². The highest BCUT2D eigenvalue weighted by molar-refractivity contribution is 7.99. The molecule has 1 N–H and O–H groups in total. The Hall–Kier alpha value is -3.91. The van der Waals surface area contributed by atoms with Crippen LogP contribution in [0.1, 0.15) is 22.3 Å². The van der Waals surface area contributed by atoms with Gasteiger partial charge in [-0.2, -0.15) is 0 Å². The second kappa shape index (κ2) is 9.38. The lowest BCUT2D eigenvalue weighted by Gasteiger charge is -2.12. The second-order valence-electron chi connectivity index (χ2n) is 8.62. The fraction of sp³-hybridized carbons (Fsp3) is 0.185. The molecule has 0 spiro atoms. The van der Waals surface area contributed by atoms with Crippen molar-refractivity contribution < 1.29 is 4.79 Å². The van der Waals surface area contributed by atoms with Crippen LogP contribution in [0.5, 0.6) is 0 Å². The predicted octanol–water partition coefficient (Wildman–Crippen LogP) is 4.75. The molecular weight excluding hydrogens is 458 g/mol. The van der Waals surface area contributed by atoms with Crippen molar-refractivity contribution in [1.29, 1.82) is 0 Å². The maximum atomic E-state index is 13.4. The fourth-order valence-corrected chi connectivity index (χ4v) is 4.90. The standard InChI is InChI=1S/C27H25N5O2S/c1-17-11-13-20(14-12-17)15-31-25(34)21-9-4-5-10-22(21)32-26(31)29-30-27(32)35-16-23(33)28-24-18(2)7-6-8-19(24)3/h4-14H,15-16H2,1-3H3,(H,28,33). The summed E-state index contributed by atoms with van der Waals surface area (Å²) >= 11 is 1.30. The summed E-state index contributed by atoms with van der Waals surface area (Å²) < 4.78 is 3.50. The molecule has 0 aliphatic heterocycles. The van der Waals surface area contributed by atoms with E-state index in [0.29, 0.717) is 22.9 Å². The summed E-state index contributed by atoms with van der Waals surface area (Å²) in [6.07, 6.45) is 0. The number of nitrogens with one attached hydrogen (secondary N) is 1. The van der Waals surface area contributed by atoms with E-state index < -0.39 is 0 Å². The third-order valence-electron chi connectivity index (χ3n) is 6.02. The monoisotopic (exact) mass is 483 g/mol. The molecule has 1 amide bonds. The first-order valence-electron chi connectivity index (χ1n) is 11.3. The molecule has 0 aliphatic rings. The molecule has 8 heteroatoms. The molecule has 35 heavy (non-hydrogen) atoms. The number of aryl methyl sites for hydroxylation is 3. The maximum absolute atomic E-state index is 13.4. The first-order chi connectivity index (χ1) is 16.9. The first-order valence-corrected chi connectivity index (χ1v) is 12.3. The number of aromatic nitrogens is 4. The van der Waals surface area contributed by atoms with Gasteiger partial charge in [-0.25, -0.2) is 0 Å².